The maximum atomic E-state index is 10.7. The number of hydrogen-bond donors (Lipinski definition) is 1. The summed E-state index contributed by atoms with van der Waals surface area (Å²) in [6.07, 6.45) is 2.02. The zero-order valence-corrected chi connectivity index (χ0v) is 11.1. The average molecular weight is 258 g/mol. The van der Waals surface area contributed by atoms with E-state index in [9.17, 15) is 10.1 Å². The summed E-state index contributed by atoms with van der Waals surface area (Å²) in [4.78, 5) is 12.9. The van der Waals surface area contributed by atoms with Crippen molar-refractivity contribution in [2.75, 3.05) is 18.0 Å². The van der Waals surface area contributed by atoms with Gasteiger partial charge in [-0.2, -0.15) is 5.26 Å². The Kier molecular flexibility index (Phi) is 4.06. The largest absolute Gasteiger partial charge is 0.481 e. The van der Waals surface area contributed by atoms with Crippen molar-refractivity contribution in [2.24, 2.45) is 5.92 Å². The minimum Gasteiger partial charge on any atom is -0.481 e. The van der Waals surface area contributed by atoms with Crippen molar-refractivity contribution in [1.29, 1.82) is 5.26 Å². The first-order chi connectivity index (χ1) is 9.11. The highest BCUT2D eigenvalue weighted by atomic mass is 16.4. The first-order valence-electron chi connectivity index (χ1n) is 6.58. The maximum absolute atomic E-state index is 10.7. The number of aliphatic carboxylic acids is 1. The van der Waals surface area contributed by atoms with Crippen molar-refractivity contribution in [3.63, 3.8) is 0 Å². The molecule has 0 atom stereocenters. The Labute approximate surface area is 113 Å². The van der Waals surface area contributed by atoms with Crippen LogP contribution in [0, 0.1) is 24.2 Å². The van der Waals surface area contributed by atoms with Crippen molar-refractivity contribution in [2.45, 2.75) is 26.2 Å². The van der Waals surface area contributed by atoms with Gasteiger partial charge in [0.15, 0.2) is 0 Å². The molecule has 1 aromatic carbocycles. The van der Waals surface area contributed by atoms with Crippen LogP contribution in [0.1, 0.15) is 30.4 Å². The Balaban J connectivity index is 2.08. The van der Waals surface area contributed by atoms with Gasteiger partial charge in [0.05, 0.1) is 11.3 Å². The molecule has 1 heterocycles. The van der Waals surface area contributed by atoms with E-state index < -0.39 is 5.97 Å². The monoisotopic (exact) mass is 258 g/mol. The van der Waals surface area contributed by atoms with E-state index in [1.807, 2.05) is 25.1 Å². The molecule has 19 heavy (non-hydrogen) atoms. The Morgan fingerprint density at radius 2 is 2.16 bits per heavy atom. The predicted molar refractivity (Wildman–Crippen MR) is 73.1 cm³/mol. The predicted octanol–water partition coefficient (Wildman–Crippen LogP) is 2.56. The van der Waals surface area contributed by atoms with Crippen LogP contribution in [-0.2, 0) is 4.79 Å². The van der Waals surface area contributed by atoms with E-state index in [1.54, 1.807) is 0 Å². The highest BCUT2D eigenvalue weighted by molar-refractivity contribution is 5.67. The molecule has 0 saturated carbocycles. The summed E-state index contributed by atoms with van der Waals surface area (Å²) in [7, 11) is 0. The second kappa shape index (κ2) is 5.75. The number of carboxylic acid groups (broad SMARTS) is 1. The lowest BCUT2D eigenvalue weighted by atomic mass is 9.93. The molecule has 0 amide bonds. The van der Waals surface area contributed by atoms with E-state index >= 15 is 0 Å². The summed E-state index contributed by atoms with van der Waals surface area (Å²) in [5.74, 6) is -0.448. The molecule has 1 aliphatic rings. The fourth-order valence-electron chi connectivity index (χ4n) is 2.69. The van der Waals surface area contributed by atoms with Gasteiger partial charge in [-0.05, 0) is 37.3 Å². The summed E-state index contributed by atoms with van der Waals surface area (Å²) < 4.78 is 0. The standard InChI is InChI=1S/C15H18N2O2/c1-11-3-2-4-14(13(11)10-16)17-7-5-12(6-8-17)9-15(18)19/h2-4,12H,5-9H2,1H3,(H,18,19). The number of carbonyl (C=O) groups is 1. The third-order valence-corrected chi connectivity index (χ3v) is 3.78. The maximum Gasteiger partial charge on any atom is 0.303 e. The van der Waals surface area contributed by atoms with Gasteiger partial charge in [0.1, 0.15) is 6.07 Å². The highest BCUT2D eigenvalue weighted by Gasteiger charge is 2.23. The molecule has 1 aliphatic heterocycles. The Bertz CT molecular complexity index is 511. The molecule has 0 aromatic heterocycles. The van der Waals surface area contributed by atoms with Crippen molar-refractivity contribution < 1.29 is 9.90 Å². The van der Waals surface area contributed by atoms with Gasteiger partial charge in [-0.25, -0.2) is 0 Å². The van der Waals surface area contributed by atoms with Crippen molar-refractivity contribution in [3.05, 3.63) is 29.3 Å². The number of nitrogens with zero attached hydrogens (tertiary/aromatic N) is 2. The fraction of sp³-hybridized carbons (Fsp3) is 0.467. The normalized spacial score (nSPS) is 16.1. The zero-order valence-electron chi connectivity index (χ0n) is 11.1. The molecule has 1 aromatic rings. The van der Waals surface area contributed by atoms with Crippen LogP contribution in [-0.4, -0.2) is 24.2 Å². The van der Waals surface area contributed by atoms with Crippen LogP contribution in [0.4, 0.5) is 5.69 Å². The molecular formula is C15H18N2O2. The van der Waals surface area contributed by atoms with Gasteiger partial charge in [-0.15, -0.1) is 0 Å². The number of anilines is 1. The van der Waals surface area contributed by atoms with Crippen LogP contribution < -0.4 is 4.90 Å². The summed E-state index contributed by atoms with van der Waals surface area (Å²) in [6, 6.07) is 8.15. The van der Waals surface area contributed by atoms with Crippen LogP contribution in [0.25, 0.3) is 0 Å². The Morgan fingerprint density at radius 1 is 1.47 bits per heavy atom. The highest BCUT2D eigenvalue weighted by Crippen LogP contribution is 2.28. The average Bonchev–Trinajstić information content (AvgIpc) is 2.38. The van der Waals surface area contributed by atoms with E-state index in [2.05, 4.69) is 11.0 Å². The molecule has 1 saturated heterocycles. The van der Waals surface area contributed by atoms with E-state index in [0.29, 0.717) is 0 Å². The smallest absolute Gasteiger partial charge is 0.303 e. The van der Waals surface area contributed by atoms with Crippen LogP contribution in [0.5, 0.6) is 0 Å². The molecule has 0 aliphatic carbocycles. The quantitative estimate of drug-likeness (QED) is 0.905. The number of piperidine rings is 1. The van der Waals surface area contributed by atoms with Gasteiger partial charge in [-0.3, -0.25) is 4.79 Å². The molecular weight excluding hydrogens is 240 g/mol. The molecule has 1 N–H and O–H groups in total. The van der Waals surface area contributed by atoms with Gasteiger partial charge >= 0.3 is 5.97 Å². The van der Waals surface area contributed by atoms with Crippen LogP contribution >= 0.6 is 0 Å². The topological polar surface area (TPSA) is 64.3 Å². The van der Waals surface area contributed by atoms with E-state index in [-0.39, 0.29) is 12.3 Å². The number of aryl methyl sites for hydroxylation is 1. The minimum absolute atomic E-state index is 0.257. The molecule has 4 heteroatoms. The summed E-state index contributed by atoms with van der Waals surface area (Å²) in [6.45, 7) is 3.60. The van der Waals surface area contributed by atoms with Crippen molar-refractivity contribution in [3.8, 4) is 6.07 Å². The molecule has 1 fully saturated rings. The van der Waals surface area contributed by atoms with Crippen LogP contribution in [0.3, 0.4) is 0 Å². The molecule has 100 valence electrons. The summed E-state index contributed by atoms with van der Waals surface area (Å²) in [5, 5.41) is 18.1. The first-order valence-corrected chi connectivity index (χ1v) is 6.58. The van der Waals surface area contributed by atoms with Gasteiger partial charge < -0.3 is 10.0 Å². The summed E-state index contributed by atoms with van der Waals surface area (Å²) in [5.41, 5.74) is 2.71. The second-order valence-corrected chi connectivity index (χ2v) is 5.11. The Hall–Kier alpha value is -2.02. The van der Waals surface area contributed by atoms with Crippen LogP contribution in [0.2, 0.25) is 0 Å². The van der Waals surface area contributed by atoms with Crippen molar-refractivity contribution in [1.82, 2.24) is 0 Å². The lowest BCUT2D eigenvalue weighted by Gasteiger charge is -2.33. The van der Waals surface area contributed by atoms with E-state index in [4.69, 9.17) is 5.11 Å². The number of nitriles is 1. The SMILES string of the molecule is Cc1cccc(N2CCC(CC(=O)O)CC2)c1C#N. The number of benzene rings is 1. The lowest BCUT2D eigenvalue weighted by molar-refractivity contribution is -0.138. The van der Waals surface area contributed by atoms with E-state index in [0.717, 1.165) is 42.7 Å². The molecule has 2 rings (SSSR count). The molecule has 0 spiro atoms. The Morgan fingerprint density at radius 3 is 2.74 bits per heavy atom. The van der Waals surface area contributed by atoms with Gasteiger partial charge in [-0.1, -0.05) is 12.1 Å². The molecule has 0 unspecified atom stereocenters. The zero-order chi connectivity index (χ0) is 13.8. The van der Waals surface area contributed by atoms with Crippen LogP contribution in [0.15, 0.2) is 18.2 Å². The minimum atomic E-state index is -0.716. The number of rotatable bonds is 3. The van der Waals surface area contributed by atoms with E-state index in [1.165, 1.54) is 0 Å². The molecule has 0 bridgehead atoms. The molecule has 4 nitrogen and oxygen atoms in total. The first kappa shape index (κ1) is 13.4. The number of carboxylic acids is 1. The fourth-order valence-corrected chi connectivity index (χ4v) is 2.69. The van der Waals surface area contributed by atoms with Crippen molar-refractivity contribution >= 4 is 11.7 Å². The summed E-state index contributed by atoms with van der Waals surface area (Å²) >= 11 is 0. The third kappa shape index (κ3) is 3.05. The van der Waals surface area contributed by atoms with Gasteiger partial charge in [0.2, 0.25) is 0 Å². The second-order valence-electron chi connectivity index (χ2n) is 5.11. The third-order valence-electron chi connectivity index (χ3n) is 3.78. The van der Waals surface area contributed by atoms with Gasteiger partial charge in [0, 0.05) is 19.5 Å². The lowest BCUT2D eigenvalue weighted by Crippen LogP contribution is -2.34. The number of hydrogen-bond acceptors (Lipinski definition) is 3. The van der Waals surface area contributed by atoms with Gasteiger partial charge in [0.25, 0.3) is 0 Å². The molecule has 0 radical (unpaired) electrons.